The van der Waals surface area contributed by atoms with Crippen LogP contribution in [0, 0.1) is 5.92 Å². The van der Waals surface area contributed by atoms with Gasteiger partial charge in [0, 0.05) is 25.6 Å². The molecule has 1 fully saturated rings. The number of likely N-dealkylation sites (tertiary alicyclic amines) is 1. The van der Waals surface area contributed by atoms with Gasteiger partial charge in [-0.2, -0.15) is 0 Å². The van der Waals surface area contributed by atoms with Crippen LogP contribution in [-0.4, -0.2) is 42.9 Å². The summed E-state index contributed by atoms with van der Waals surface area (Å²) in [7, 11) is 1.38. The minimum atomic E-state index is -0.399. The predicted octanol–water partition coefficient (Wildman–Crippen LogP) is 1.64. The third-order valence-electron chi connectivity index (χ3n) is 3.68. The lowest BCUT2D eigenvalue weighted by atomic mass is 9.96. The van der Waals surface area contributed by atoms with Gasteiger partial charge in [0.2, 0.25) is 0 Å². The average molecular weight is 305 g/mol. The number of benzene rings is 1. The zero-order chi connectivity index (χ0) is 16.1. The highest BCUT2D eigenvalue weighted by molar-refractivity contribution is 5.94. The van der Waals surface area contributed by atoms with Crippen molar-refractivity contribution < 1.29 is 23.9 Å². The largest absolute Gasteiger partial charge is 0.469 e. The highest BCUT2D eigenvalue weighted by Crippen LogP contribution is 2.21. The van der Waals surface area contributed by atoms with E-state index in [1.165, 1.54) is 14.0 Å². The number of piperidine rings is 1. The van der Waals surface area contributed by atoms with Gasteiger partial charge in [0.25, 0.3) is 5.91 Å². The second kappa shape index (κ2) is 7.06. The van der Waals surface area contributed by atoms with E-state index in [0.29, 0.717) is 37.2 Å². The van der Waals surface area contributed by atoms with Crippen molar-refractivity contribution in [2.75, 3.05) is 20.2 Å². The number of nitrogens with zero attached hydrogens (tertiary/aromatic N) is 1. The summed E-state index contributed by atoms with van der Waals surface area (Å²) >= 11 is 0. The molecule has 1 aromatic rings. The van der Waals surface area contributed by atoms with Crippen molar-refractivity contribution in [3.05, 3.63) is 29.8 Å². The van der Waals surface area contributed by atoms with Crippen LogP contribution in [-0.2, 0) is 14.3 Å². The van der Waals surface area contributed by atoms with Gasteiger partial charge in [0.05, 0.1) is 13.0 Å². The van der Waals surface area contributed by atoms with E-state index in [0.717, 1.165) is 0 Å². The van der Waals surface area contributed by atoms with Crippen molar-refractivity contribution in [2.24, 2.45) is 5.92 Å². The van der Waals surface area contributed by atoms with E-state index in [-0.39, 0.29) is 17.8 Å². The van der Waals surface area contributed by atoms with Crippen LogP contribution in [0.3, 0.4) is 0 Å². The highest BCUT2D eigenvalue weighted by atomic mass is 16.5. The molecule has 0 atom stereocenters. The number of methoxy groups -OCH3 is 1. The number of ether oxygens (including phenoxy) is 2. The molecular weight excluding hydrogens is 286 g/mol. The first-order valence-electron chi connectivity index (χ1n) is 7.17. The zero-order valence-corrected chi connectivity index (χ0v) is 12.7. The van der Waals surface area contributed by atoms with Gasteiger partial charge in [-0.15, -0.1) is 0 Å². The van der Waals surface area contributed by atoms with Crippen LogP contribution in [0.5, 0.6) is 5.75 Å². The van der Waals surface area contributed by atoms with Crippen LogP contribution in [0.1, 0.15) is 30.1 Å². The molecule has 1 amide bonds. The summed E-state index contributed by atoms with van der Waals surface area (Å²) < 4.78 is 9.66. The Kier molecular flexibility index (Phi) is 5.14. The Morgan fingerprint density at radius 2 is 1.68 bits per heavy atom. The van der Waals surface area contributed by atoms with Gasteiger partial charge in [0.15, 0.2) is 0 Å². The molecule has 1 saturated heterocycles. The van der Waals surface area contributed by atoms with Crippen molar-refractivity contribution in [3.8, 4) is 5.75 Å². The molecule has 2 rings (SSSR count). The smallest absolute Gasteiger partial charge is 0.308 e. The van der Waals surface area contributed by atoms with Crippen molar-refractivity contribution >= 4 is 17.8 Å². The first kappa shape index (κ1) is 16.0. The molecule has 0 saturated carbocycles. The van der Waals surface area contributed by atoms with Crippen molar-refractivity contribution in [1.29, 1.82) is 0 Å². The lowest BCUT2D eigenvalue weighted by Crippen LogP contribution is -2.40. The number of hydrogen-bond acceptors (Lipinski definition) is 5. The van der Waals surface area contributed by atoms with Gasteiger partial charge < -0.3 is 14.4 Å². The summed E-state index contributed by atoms with van der Waals surface area (Å²) in [6, 6.07) is 6.45. The molecular formula is C16H19NO5. The molecule has 22 heavy (non-hydrogen) atoms. The molecule has 6 heteroatoms. The van der Waals surface area contributed by atoms with E-state index in [2.05, 4.69) is 0 Å². The highest BCUT2D eigenvalue weighted by Gasteiger charge is 2.28. The molecule has 1 aromatic carbocycles. The number of amides is 1. The summed E-state index contributed by atoms with van der Waals surface area (Å²) in [4.78, 5) is 36.4. The maximum absolute atomic E-state index is 12.4. The third kappa shape index (κ3) is 3.84. The summed E-state index contributed by atoms with van der Waals surface area (Å²) in [5, 5.41) is 0. The Morgan fingerprint density at radius 3 is 2.18 bits per heavy atom. The van der Waals surface area contributed by atoms with Gasteiger partial charge >= 0.3 is 11.9 Å². The summed E-state index contributed by atoms with van der Waals surface area (Å²) in [6.45, 7) is 2.39. The number of hydrogen-bond donors (Lipinski definition) is 0. The third-order valence-corrected chi connectivity index (χ3v) is 3.68. The Hall–Kier alpha value is -2.37. The van der Waals surface area contributed by atoms with Crippen LogP contribution in [0.25, 0.3) is 0 Å². The van der Waals surface area contributed by atoms with E-state index in [9.17, 15) is 14.4 Å². The topological polar surface area (TPSA) is 72.9 Å². The summed E-state index contributed by atoms with van der Waals surface area (Å²) in [5.41, 5.74) is 0.535. The molecule has 0 aliphatic carbocycles. The Morgan fingerprint density at radius 1 is 1.09 bits per heavy atom. The molecule has 0 bridgehead atoms. The van der Waals surface area contributed by atoms with E-state index in [1.54, 1.807) is 29.2 Å². The fourth-order valence-electron chi connectivity index (χ4n) is 2.50. The van der Waals surface area contributed by atoms with Gasteiger partial charge in [-0.25, -0.2) is 0 Å². The molecule has 0 aromatic heterocycles. The van der Waals surface area contributed by atoms with Crippen molar-refractivity contribution in [1.82, 2.24) is 4.90 Å². The van der Waals surface area contributed by atoms with Gasteiger partial charge in [0.1, 0.15) is 5.75 Å². The SMILES string of the molecule is COC(=O)C1CCN(C(=O)c2ccc(OC(C)=O)cc2)CC1. The van der Waals surface area contributed by atoms with E-state index in [4.69, 9.17) is 9.47 Å². The number of esters is 2. The molecule has 1 aliphatic rings. The minimum Gasteiger partial charge on any atom is -0.469 e. The second-order valence-electron chi connectivity index (χ2n) is 5.21. The minimum absolute atomic E-state index is 0.0855. The maximum atomic E-state index is 12.4. The van der Waals surface area contributed by atoms with Gasteiger partial charge in [-0.3, -0.25) is 14.4 Å². The van der Waals surface area contributed by atoms with Crippen LogP contribution in [0.4, 0.5) is 0 Å². The van der Waals surface area contributed by atoms with Gasteiger partial charge in [-0.1, -0.05) is 0 Å². The summed E-state index contributed by atoms with van der Waals surface area (Å²) in [5.74, 6) is -0.409. The number of rotatable bonds is 3. The first-order valence-corrected chi connectivity index (χ1v) is 7.17. The monoisotopic (exact) mass is 305 g/mol. The fourth-order valence-corrected chi connectivity index (χ4v) is 2.50. The molecule has 0 radical (unpaired) electrons. The standard InChI is InChI=1S/C16H19NO5/c1-11(18)22-14-5-3-12(4-6-14)15(19)17-9-7-13(8-10-17)16(20)21-2/h3-6,13H,7-10H2,1-2H3. The van der Waals surface area contributed by atoms with Crippen LogP contribution in [0.15, 0.2) is 24.3 Å². The van der Waals surface area contributed by atoms with Crippen LogP contribution in [0.2, 0.25) is 0 Å². The molecule has 0 N–H and O–H groups in total. The first-order chi connectivity index (χ1) is 10.5. The average Bonchev–Trinajstić information content (AvgIpc) is 2.54. The van der Waals surface area contributed by atoms with Gasteiger partial charge in [-0.05, 0) is 37.1 Å². The second-order valence-corrected chi connectivity index (χ2v) is 5.21. The Bertz CT molecular complexity index is 558. The van der Waals surface area contributed by atoms with Crippen molar-refractivity contribution in [2.45, 2.75) is 19.8 Å². The Balaban J connectivity index is 1.95. The van der Waals surface area contributed by atoms with E-state index in [1.807, 2.05) is 0 Å². The van der Waals surface area contributed by atoms with Crippen LogP contribution >= 0.6 is 0 Å². The number of carbonyl (C=O) groups is 3. The Labute approximate surface area is 129 Å². The number of carbonyl (C=O) groups excluding carboxylic acids is 3. The lowest BCUT2D eigenvalue weighted by molar-refractivity contribution is -0.146. The molecule has 0 unspecified atom stereocenters. The molecule has 6 nitrogen and oxygen atoms in total. The molecule has 1 heterocycles. The molecule has 1 aliphatic heterocycles. The maximum Gasteiger partial charge on any atom is 0.308 e. The predicted molar refractivity (Wildman–Crippen MR) is 78.4 cm³/mol. The van der Waals surface area contributed by atoms with Crippen molar-refractivity contribution in [3.63, 3.8) is 0 Å². The van der Waals surface area contributed by atoms with Crippen LogP contribution < -0.4 is 4.74 Å². The van der Waals surface area contributed by atoms with E-state index >= 15 is 0 Å². The molecule has 0 spiro atoms. The lowest BCUT2D eigenvalue weighted by Gasteiger charge is -2.30. The normalized spacial score (nSPS) is 15.3. The quantitative estimate of drug-likeness (QED) is 0.627. The summed E-state index contributed by atoms with van der Waals surface area (Å²) in [6.07, 6.45) is 1.23. The van der Waals surface area contributed by atoms with E-state index < -0.39 is 5.97 Å². The zero-order valence-electron chi connectivity index (χ0n) is 12.7. The molecule has 118 valence electrons. The fraction of sp³-hybridized carbons (Fsp3) is 0.438.